The van der Waals surface area contributed by atoms with Crippen LogP contribution in [0.4, 0.5) is 5.69 Å². The van der Waals surface area contributed by atoms with Crippen LogP contribution in [0.1, 0.15) is 58.4 Å². The second-order valence-corrected chi connectivity index (χ2v) is 10.4. The number of aliphatic hydroxyl groups excluding tert-OH is 2. The smallest absolute Gasteiger partial charge is 0.228 e. The van der Waals surface area contributed by atoms with E-state index in [9.17, 15) is 14.7 Å². The molecule has 1 aliphatic heterocycles. The number of Topliss-reactive ketones (excluding diaryl/α,β-unsaturated/α-hetero) is 1. The Morgan fingerprint density at radius 2 is 1.66 bits per heavy atom. The first-order valence-electron chi connectivity index (χ1n) is 12.6. The fourth-order valence-electron chi connectivity index (χ4n) is 4.30. The largest absolute Gasteiger partial charge is 0.396 e. The first kappa shape index (κ1) is 28.0. The van der Waals surface area contributed by atoms with Gasteiger partial charge in [-0.25, -0.2) is 0 Å². The Balaban J connectivity index is 1.42. The van der Waals surface area contributed by atoms with Crippen molar-refractivity contribution in [2.24, 2.45) is 0 Å². The number of carbonyl (C=O) groups is 2. The highest BCUT2D eigenvalue weighted by Gasteiger charge is 2.32. The van der Waals surface area contributed by atoms with E-state index in [4.69, 9.17) is 14.6 Å². The third kappa shape index (κ3) is 7.75. The molecule has 0 aromatic heterocycles. The Kier molecular flexibility index (Phi) is 10.1. The van der Waals surface area contributed by atoms with Crippen LogP contribution in [0.25, 0.3) is 0 Å². The molecule has 4 rings (SSSR count). The number of hydrogen-bond acceptors (Lipinski definition) is 7. The fraction of sp³-hybridized carbons (Fsp3) is 0.333. The summed E-state index contributed by atoms with van der Waals surface area (Å²) in [6.45, 7) is 1.61. The molecule has 0 radical (unpaired) electrons. The number of ether oxygens (including phenoxy) is 2. The van der Waals surface area contributed by atoms with Gasteiger partial charge in [-0.2, -0.15) is 11.8 Å². The maximum atomic E-state index is 12.6. The Morgan fingerprint density at radius 3 is 2.34 bits per heavy atom. The predicted molar refractivity (Wildman–Crippen MR) is 148 cm³/mol. The Hall–Kier alpha value is -3.01. The standard InChI is InChI=1S/C30H33NO6S/c1-20(34)25-3-2-4-26(16-25)31-29(35)15-21-5-11-24(12-6-21)30-36-27(19-38-14-13-32)17-28(37-30)23-9-7-22(18-33)8-10-23/h2-12,16,27-28,30,32-33H,13-15,17-19H2,1H3,(H,31,35)/t27-,28+,30?/m0/s1. The van der Waals surface area contributed by atoms with Gasteiger partial charge < -0.3 is 25.0 Å². The lowest BCUT2D eigenvalue weighted by atomic mass is 10.0. The van der Waals surface area contributed by atoms with Crippen molar-refractivity contribution in [1.29, 1.82) is 0 Å². The van der Waals surface area contributed by atoms with Crippen molar-refractivity contribution in [3.8, 4) is 0 Å². The molecule has 1 saturated heterocycles. The first-order valence-corrected chi connectivity index (χ1v) is 13.8. The second-order valence-electron chi connectivity index (χ2n) is 9.25. The molecule has 1 unspecified atom stereocenters. The van der Waals surface area contributed by atoms with Gasteiger partial charge in [-0.1, -0.05) is 60.7 Å². The van der Waals surface area contributed by atoms with Crippen LogP contribution in [-0.4, -0.2) is 46.1 Å². The molecule has 0 saturated carbocycles. The molecular weight excluding hydrogens is 502 g/mol. The maximum Gasteiger partial charge on any atom is 0.228 e. The summed E-state index contributed by atoms with van der Waals surface area (Å²) in [6.07, 6.45) is 0.0953. The third-order valence-electron chi connectivity index (χ3n) is 6.32. The minimum atomic E-state index is -0.566. The number of benzene rings is 3. The lowest BCUT2D eigenvalue weighted by molar-refractivity contribution is -0.245. The number of rotatable bonds is 11. The van der Waals surface area contributed by atoms with E-state index in [2.05, 4.69) is 5.32 Å². The van der Waals surface area contributed by atoms with E-state index in [0.717, 1.165) is 28.0 Å². The lowest BCUT2D eigenvalue weighted by Gasteiger charge is -2.36. The van der Waals surface area contributed by atoms with Gasteiger partial charge in [0, 0.05) is 34.7 Å². The number of nitrogens with one attached hydrogen (secondary N) is 1. The van der Waals surface area contributed by atoms with E-state index in [1.807, 2.05) is 48.5 Å². The van der Waals surface area contributed by atoms with E-state index in [0.29, 0.717) is 23.4 Å². The van der Waals surface area contributed by atoms with E-state index < -0.39 is 6.29 Å². The van der Waals surface area contributed by atoms with E-state index in [-0.39, 0.29) is 43.5 Å². The third-order valence-corrected chi connectivity index (χ3v) is 7.40. The highest BCUT2D eigenvalue weighted by molar-refractivity contribution is 7.99. The first-order chi connectivity index (χ1) is 18.4. The number of ketones is 1. The number of amides is 1. The summed E-state index contributed by atoms with van der Waals surface area (Å²) in [5, 5.41) is 21.4. The molecule has 3 aromatic carbocycles. The summed E-state index contributed by atoms with van der Waals surface area (Å²) >= 11 is 1.65. The fourth-order valence-corrected chi connectivity index (χ4v) is 5.07. The average Bonchev–Trinajstić information content (AvgIpc) is 2.93. The summed E-state index contributed by atoms with van der Waals surface area (Å²) in [5.74, 6) is 1.17. The van der Waals surface area contributed by atoms with Crippen molar-refractivity contribution in [1.82, 2.24) is 0 Å². The van der Waals surface area contributed by atoms with Crippen LogP contribution in [0.5, 0.6) is 0 Å². The Labute approximate surface area is 227 Å². The van der Waals surface area contributed by atoms with Crippen LogP contribution in [0.3, 0.4) is 0 Å². The van der Waals surface area contributed by atoms with Crippen molar-refractivity contribution in [2.75, 3.05) is 23.4 Å². The van der Waals surface area contributed by atoms with Crippen molar-refractivity contribution >= 4 is 29.1 Å². The molecular formula is C30H33NO6S. The molecule has 3 atom stereocenters. The van der Waals surface area contributed by atoms with Crippen LogP contribution in [0, 0.1) is 0 Å². The zero-order valence-electron chi connectivity index (χ0n) is 21.3. The zero-order valence-corrected chi connectivity index (χ0v) is 22.2. The van der Waals surface area contributed by atoms with Gasteiger partial charge >= 0.3 is 0 Å². The summed E-state index contributed by atoms with van der Waals surface area (Å²) in [5.41, 5.74) is 4.71. The van der Waals surface area contributed by atoms with Gasteiger partial charge in [-0.05, 0) is 35.7 Å². The van der Waals surface area contributed by atoms with E-state index in [1.54, 1.807) is 36.0 Å². The van der Waals surface area contributed by atoms with Crippen molar-refractivity contribution in [2.45, 2.75) is 44.9 Å². The molecule has 8 heteroatoms. The van der Waals surface area contributed by atoms with Crippen molar-refractivity contribution < 1.29 is 29.3 Å². The molecule has 38 heavy (non-hydrogen) atoms. The molecule has 3 N–H and O–H groups in total. The molecule has 1 fully saturated rings. The van der Waals surface area contributed by atoms with Crippen LogP contribution >= 0.6 is 11.8 Å². The highest BCUT2D eigenvalue weighted by Crippen LogP contribution is 2.38. The average molecular weight is 536 g/mol. The summed E-state index contributed by atoms with van der Waals surface area (Å²) < 4.78 is 12.6. The second kappa shape index (κ2) is 13.7. The number of carbonyl (C=O) groups excluding carboxylic acids is 2. The van der Waals surface area contributed by atoms with Gasteiger partial charge in [0.05, 0.1) is 31.8 Å². The minimum Gasteiger partial charge on any atom is -0.396 e. The molecule has 1 amide bonds. The lowest BCUT2D eigenvalue weighted by Crippen LogP contribution is -2.31. The van der Waals surface area contributed by atoms with Gasteiger partial charge in [-0.3, -0.25) is 9.59 Å². The molecule has 3 aromatic rings. The Morgan fingerprint density at radius 1 is 0.947 bits per heavy atom. The van der Waals surface area contributed by atoms with Gasteiger partial charge in [0.1, 0.15) is 0 Å². The molecule has 0 spiro atoms. The molecule has 1 aliphatic rings. The zero-order chi connectivity index (χ0) is 26.9. The van der Waals surface area contributed by atoms with E-state index >= 15 is 0 Å². The number of thioether (sulfide) groups is 1. The van der Waals surface area contributed by atoms with E-state index in [1.165, 1.54) is 6.92 Å². The summed E-state index contributed by atoms with van der Waals surface area (Å²) in [7, 11) is 0. The minimum absolute atomic E-state index is 0.00681. The number of anilines is 1. The molecule has 200 valence electrons. The quantitative estimate of drug-likeness (QED) is 0.239. The van der Waals surface area contributed by atoms with Gasteiger partial charge in [0.2, 0.25) is 5.91 Å². The molecule has 7 nitrogen and oxygen atoms in total. The topological polar surface area (TPSA) is 105 Å². The van der Waals surface area contributed by atoms with Crippen LogP contribution in [0.2, 0.25) is 0 Å². The summed E-state index contributed by atoms with van der Waals surface area (Å²) in [6, 6.07) is 22.3. The van der Waals surface area contributed by atoms with Crippen LogP contribution in [-0.2, 0) is 27.3 Å². The molecule has 1 heterocycles. The monoisotopic (exact) mass is 535 g/mol. The van der Waals surface area contributed by atoms with Gasteiger partial charge in [-0.15, -0.1) is 0 Å². The predicted octanol–water partition coefficient (Wildman–Crippen LogP) is 4.83. The van der Waals surface area contributed by atoms with Crippen molar-refractivity contribution in [3.63, 3.8) is 0 Å². The number of aliphatic hydroxyl groups is 2. The van der Waals surface area contributed by atoms with Crippen molar-refractivity contribution in [3.05, 3.63) is 101 Å². The Bertz CT molecular complexity index is 1210. The van der Waals surface area contributed by atoms with Crippen LogP contribution in [0.15, 0.2) is 72.8 Å². The van der Waals surface area contributed by atoms with Crippen LogP contribution < -0.4 is 5.32 Å². The van der Waals surface area contributed by atoms with Gasteiger partial charge in [0.25, 0.3) is 0 Å². The van der Waals surface area contributed by atoms with Gasteiger partial charge in [0.15, 0.2) is 12.1 Å². The highest BCUT2D eigenvalue weighted by atomic mass is 32.2. The summed E-state index contributed by atoms with van der Waals surface area (Å²) in [4.78, 5) is 24.2. The maximum absolute atomic E-state index is 12.6. The normalized spacial score (nSPS) is 19.2. The number of hydrogen-bond donors (Lipinski definition) is 3. The molecule has 0 bridgehead atoms. The molecule has 0 aliphatic carbocycles. The SMILES string of the molecule is CC(=O)c1cccc(NC(=O)Cc2ccc(C3O[C@H](CSCCO)C[C@H](c4ccc(CO)cc4)O3)cc2)c1.